The SMILES string of the molecule is CCOc1ccc([C@@H]2C(C#N)=C(N)OC3=C2S(=O)(=O)N(C)c2ccccc23)cc1. The first-order valence-electron chi connectivity index (χ1n) is 9.03. The van der Waals surface area contributed by atoms with Crippen LogP contribution in [0.2, 0.25) is 0 Å². The molecule has 2 aromatic carbocycles. The van der Waals surface area contributed by atoms with Crippen LogP contribution in [0.1, 0.15) is 24.0 Å². The highest BCUT2D eigenvalue weighted by atomic mass is 32.2. The van der Waals surface area contributed by atoms with Gasteiger partial charge in [0.2, 0.25) is 5.88 Å². The number of fused-ring (bicyclic) bond motifs is 2. The van der Waals surface area contributed by atoms with Gasteiger partial charge in [0, 0.05) is 12.6 Å². The van der Waals surface area contributed by atoms with E-state index in [-0.39, 0.29) is 22.1 Å². The van der Waals surface area contributed by atoms with E-state index < -0.39 is 15.9 Å². The Morgan fingerprint density at radius 3 is 2.55 bits per heavy atom. The molecule has 148 valence electrons. The summed E-state index contributed by atoms with van der Waals surface area (Å²) < 4.78 is 39.2. The van der Waals surface area contributed by atoms with Crippen molar-refractivity contribution in [1.29, 1.82) is 5.26 Å². The number of hydrogen-bond acceptors (Lipinski definition) is 6. The molecule has 2 heterocycles. The van der Waals surface area contributed by atoms with Gasteiger partial charge in [-0.25, -0.2) is 8.42 Å². The Kier molecular flexibility index (Phi) is 4.47. The van der Waals surface area contributed by atoms with Crippen LogP contribution in [0.3, 0.4) is 0 Å². The van der Waals surface area contributed by atoms with Gasteiger partial charge in [-0.2, -0.15) is 5.26 Å². The fourth-order valence-electron chi connectivity index (χ4n) is 3.65. The molecule has 7 nitrogen and oxygen atoms in total. The van der Waals surface area contributed by atoms with Crippen LogP contribution in [0, 0.1) is 11.3 Å². The molecule has 0 fully saturated rings. The molecule has 1 atom stereocenters. The van der Waals surface area contributed by atoms with Gasteiger partial charge in [0.05, 0.1) is 18.2 Å². The normalized spacial score (nSPS) is 19.8. The predicted octanol–water partition coefficient (Wildman–Crippen LogP) is 3.04. The lowest BCUT2D eigenvalue weighted by molar-refractivity contribution is 0.340. The van der Waals surface area contributed by atoms with E-state index in [2.05, 4.69) is 0 Å². The van der Waals surface area contributed by atoms with Gasteiger partial charge in [0.1, 0.15) is 22.3 Å². The van der Waals surface area contributed by atoms with E-state index >= 15 is 0 Å². The first-order valence-corrected chi connectivity index (χ1v) is 10.5. The van der Waals surface area contributed by atoms with E-state index in [9.17, 15) is 13.7 Å². The third kappa shape index (κ3) is 2.82. The lowest BCUT2D eigenvalue weighted by Gasteiger charge is -2.36. The van der Waals surface area contributed by atoms with Gasteiger partial charge in [0.15, 0.2) is 5.76 Å². The Balaban J connectivity index is 1.98. The minimum absolute atomic E-state index is 0.00797. The number of nitrogens with two attached hydrogens (primary N) is 1. The minimum atomic E-state index is -3.94. The van der Waals surface area contributed by atoms with Crippen LogP contribution in [0.15, 0.2) is 64.9 Å². The highest BCUT2D eigenvalue weighted by Gasteiger charge is 2.46. The predicted molar refractivity (Wildman–Crippen MR) is 109 cm³/mol. The minimum Gasteiger partial charge on any atom is -0.494 e. The van der Waals surface area contributed by atoms with Crippen molar-refractivity contribution in [1.82, 2.24) is 0 Å². The monoisotopic (exact) mass is 409 g/mol. The molecule has 4 rings (SSSR count). The Morgan fingerprint density at radius 1 is 1.21 bits per heavy atom. The zero-order valence-corrected chi connectivity index (χ0v) is 16.7. The van der Waals surface area contributed by atoms with Crippen molar-refractivity contribution >= 4 is 21.5 Å². The first-order chi connectivity index (χ1) is 13.9. The second-order valence-corrected chi connectivity index (χ2v) is 8.55. The fraction of sp³-hybridized carbons (Fsp3) is 0.190. The number of benzene rings is 2. The molecular weight excluding hydrogens is 390 g/mol. The van der Waals surface area contributed by atoms with Crippen molar-refractivity contribution < 1.29 is 17.9 Å². The van der Waals surface area contributed by atoms with Gasteiger partial charge >= 0.3 is 0 Å². The number of sulfonamides is 1. The van der Waals surface area contributed by atoms with Crippen LogP contribution in [0.25, 0.3) is 5.76 Å². The van der Waals surface area contributed by atoms with E-state index in [0.29, 0.717) is 29.2 Å². The molecule has 2 N–H and O–H groups in total. The number of para-hydroxylation sites is 1. The molecule has 2 aromatic rings. The molecule has 0 radical (unpaired) electrons. The van der Waals surface area contributed by atoms with Crippen molar-refractivity contribution in [3.63, 3.8) is 0 Å². The third-order valence-corrected chi connectivity index (χ3v) is 6.92. The van der Waals surface area contributed by atoms with Crippen molar-refractivity contribution in [2.45, 2.75) is 12.8 Å². The van der Waals surface area contributed by atoms with Gasteiger partial charge < -0.3 is 15.2 Å². The summed E-state index contributed by atoms with van der Waals surface area (Å²) in [6.07, 6.45) is 0. The highest BCUT2D eigenvalue weighted by molar-refractivity contribution is 7.96. The number of nitriles is 1. The number of rotatable bonds is 3. The second-order valence-electron chi connectivity index (χ2n) is 6.61. The Bertz CT molecular complexity index is 1190. The summed E-state index contributed by atoms with van der Waals surface area (Å²) in [5.41, 5.74) is 7.82. The molecule has 2 aliphatic heterocycles. The van der Waals surface area contributed by atoms with Gasteiger partial charge in [-0.3, -0.25) is 4.31 Å². The van der Waals surface area contributed by atoms with Crippen LogP contribution in [-0.4, -0.2) is 22.1 Å². The van der Waals surface area contributed by atoms with Crippen LogP contribution < -0.4 is 14.8 Å². The third-order valence-electron chi connectivity index (χ3n) is 5.02. The molecule has 0 amide bonds. The standard InChI is InChI=1S/C21H19N3O4S/c1-3-27-14-10-8-13(9-11-14)18-16(12-22)21(23)28-19-15-6-4-5-7-17(15)24(2)29(25,26)20(18)19/h4-11,18H,3,23H2,1-2H3/t18-/m1/s1. The van der Waals surface area contributed by atoms with Crippen molar-refractivity contribution in [2.75, 3.05) is 18.0 Å². The summed E-state index contributed by atoms with van der Waals surface area (Å²) in [5.74, 6) is -0.157. The number of ether oxygens (including phenoxy) is 2. The molecule has 0 spiro atoms. The number of anilines is 1. The van der Waals surface area contributed by atoms with Gasteiger partial charge in [0.25, 0.3) is 10.0 Å². The molecule has 2 aliphatic rings. The molecule has 8 heteroatoms. The maximum Gasteiger partial charge on any atom is 0.264 e. The molecule has 0 unspecified atom stereocenters. The molecule has 0 saturated heterocycles. The molecule has 0 aromatic heterocycles. The maximum atomic E-state index is 13.4. The fourth-order valence-corrected chi connectivity index (χ4v) is 5.30. The first kappa shape index (κ1) is 18.9. The molecule has 0 saturated carbocycles. The van der Waals surface area contributed by atoms with E-state index in [1.54, 1.807) is 48.5 Å². The lowest BCUT2D eigenvalue weighted by Crippen LogP contribution is -2.37. The summed E-state index contributed by atoms with van der Waals surface area (Å²) in [6, 6.07) is 16.0. The molecule has 29 heavy (non-hydrogen) atoms. The van der Waals surface area contributed by atoms with Gasteiger partial charge in [-0.15, -0.1) is 0 Å². The highest BCUT2D eigenvalue weighted by Crippen LogP contribution is 2.50. The number of hydrogen-bond donors (Lipinski definition) is 1. The van der Waals surface area contributed by atoms with Crippen LogP contribution in [0.5, 0.6) is 5.75 Å². The summed E-state index contributed by atoms with van der Waals surface area (Å²) >= 11 is 0. The van der Waals surface area contributed by atoms with E-state index in [4.69, 9.17) is 15.2 Å². The zero-order valence-electron chi connectivity index (χ0n) is 15.9. The van der Waals surface area contributed by atoms with Crippen molar-refractivity contribution in [2.24, 2.45) is 5.73 Å². The smallest absolute Gasteiger partial charge is 0.264 e. The molecule has 0 aliphatic carbocycles. The van der Waals surface area contributed by atoms with Crippen LogP contribution >= 0.6 is 0 Å². The van der Waals surface area contributed by atoms with E-state index in [1.807, 2.05) is 13.0 Å². The summed E-state index contributed by atoms with van der Waals surface area (Å²) in [7, 11) is -2.46. The Morgan fingerprint density at radius 2 is 1.90 bits per heavy atom. The summed E-state index contributed by atoms with van der Waals surface area (Å²) in [6.45, 7) is 2.39. The quantitative estimate of drug-likeness (QED) is 0.835. The van der Waals surface area contributed by atoms with Crippen molar-refractivity contribution in [3.05, 3.63) is 76.0 Å². The van der Waals surface area contributed by atoms with E-state index in [1.165, 1.54) is 11.4 Å². The van der Waals surface area contributed by atoms with Crippen molar-refractivity contribution in [3.8, 4) is 11.8 Å². The number of nitrogens with zero attached hydrogens (tertiary/aromatic N) is 2. The molecular formula is C21H19N3O4S. The van der Waals surface area contributed by atoms with Gasteiger partial charge in [-0.1, -0.05) is 24.3 Å². The lowest BCUT2D eigenvalue weighted by atomic mass is 9.88. The van der Waals surface area contributed by atoms with Gasteiger partial charge in [-0.05, 0) is 36.8 Å². The molecule has 0 bridgehead atoms. The maximum absolute atomic E-state index is 13.4. The van der Waals surface area contributed by atoms with E-state index in [0.717, 1.165) is 0 Å². The summed E-state index contributed by atoms with van der Waals surface area (Å²) in [5, 5.41) is 9.73. The number of allylic oxidation sites excluding steroid dienone is 2. The largest absolute Gasteiger partial charge is 0.494 e. The van der Waals surface area contributed by atoms with Crippen LogP contribution in [-0.2, 0) is 14.8 Å². The van der Waals surface area contributed by atoms with Crippen LogP contribution in [0.4, 0.5) is 5.69 Å². The average molecular weight is 409 g/mol. The zero-order chi connectivity index (χ0) is 20.8. The second kappa shape index (κ2) is 6.87. The summed E-state index contributed by atoms with van der Waals surface area (Å²) in [4.78, 5) is 0.00797. The topological polar surface area (TPSA) is 106 Å². The Labute approximate surface area is 169 Å². The Hall–Kier alpha value is -3.44. The average Bonchev–Trinajstić information content (AvgIpc) is 2.72.